The second kappa shape index (κ2) is 7.21. The summed E-state index contributed by atoms with van der Waals surface area (Å²) in [6.45, 7) is 0. The van der Waals surface area contributed by atoms with Gasteiger partial charge in [-0.25, -0.2) is 0 Å². The van der Waals surface area contributed by atoms with Crippen LogP contribution in [0.5, 0.6) is 0 Å². The molecule has 0 unspecified atom stereocenters. The van der Waals surface area contributed by atoms with E-state index in [1.54, 1.807) is 6.07 Å². The van der Waals surface area contributed by atoms with Crippen LogP contribution in [0.15, 0.2) is 30.3 Å². The molecule has 80 valence electrons. The third-order valence-corrected chi connectivity index (χ3v) is 1.29. The molecule has 0 radical (unpaired) electrons. The maximum atomic E-state index is 11.8. The molecule has 0 aliphatic heterocycles. The van der Waals surface area contributed by atoms with Gasteiger partial charge in [0, 0.05) is 5.56 Å². The van der Waals surface area contributed by atoms with Gasteiger partial charge < -0.3 is 0 Å². The zero-order valence-corrected chi connectivity index (χ0v) is 11.9. The summed E-state index contributed by atoms with van der Waals surface area (Å²) < 4.78 is 35.4. The van der Waals surface area contributed by atoms with Gasteiger partial charge in [0.2, 0.25) is 0 Å². The molecule has 7 heteroatoms. The van der Waals surface area contributed by atoms with Crippen molar-refractivity contribution in [2.75, 3.05) is 0 Å². The Labute approximate surface area is 100 Å². The van der Waals surface area contributed by atoms with Crippen LogP contribution < -0.4 is 0 Å². The van der Waals surface area contributed by atoms with E-state index in [0.717, 1.165) is 12.1 Å². The van der Waals surface area contributed by atoms with E-state index in [2.05, 4.69) is 0 Å². The number of halogens is 5. The molecule has 0 heterocycles. The minimum atomic E-state index is -4.78. The van der Waals surface area contributed by atoms with Crippen LogP contribution >= 0.6 is 19.4 Å². The molecule has 0 N–H and O–H groups in total. The van der Waals surface area contributed by atoms with Crippen molar-refractivity contribution in [1.82, 2.24) is 0 Å². The summed E-state index contributed by atoms with van der Waals surface area (Å²) in [6.07, 6.45) is -4.78. The fourth-order valence-electron chi connectivity index (χ4n) is 0.753. The normalized spacial score (nSPS) is 9.67. The average Bonchev–Trinajstić information content (AvgIpc) is 2.18. The second-order valence-corrected chi connectivity index (χ2v) is 6.92. The van der Waals surface area contributed by atoms with E-state index in [4.69, 9.17) is 19.4 Å². The number of ketones is 1. The standard InChI is InChI=1S/C8H5F3O.2ClH.Zn/c9-8(10,11)7(12)6-4-2-1-3-5-6;;;/h1-5H;2*1H;/q;;;+2/p-2. The first-order chi connectivity index (χ1) is 6.93. The van der Waals surface area contributed by atoms with Crippen molar-refractivity contribution < 1.29 is 33.1 Å². The van der Waals surface area contributed by atoms with Crippen LogP contribution in [0.1, 0.15) is 10.4 Å². The minimum absolute atomic E-state index is 0.329. The maximum absolute atomic E-state index is 11.8. The molecule has 1 rings (SSSR count). The van der Waals surface area contributed by atoms with Crippen molar-refractivity contribution in [3.05, 3.63) is 35.9 Å². The third kappa shape index (κ3) is 6.13. The van der Waals surface area contributed by atoms with Crippen LogP contribution in [0, 0.1) is 0 Å². The van der Waals surface area contributed by atoms with Crippen molar-refractivity contribution >= 4 is 25.2 Å². The molecule has 1 aromatic rings. The molecule has 0 saturated carbocycles. The van der Waals surface area contributed by atoms with Crippen LogP contribution in [-0.2, 0) is 15.1 Å². The van der Waals surface area contributed by atoms with E-state index in [1.165, 1.54) is 12.1 Å². The molecule has 0 bridgehead atoms. The summed E-state index contributed by atoms with van der Waals surface area (Å²) in [6, 6.07) is 6.59. The van der Waals surface area contributed by atoms with Crippen molar-refractivity contribution in [2.24, 2.45) is 0 Å². The summed E-state index contributed by atoms with van der Waals surface area (Å²) >= 11 is -0.931. The Hall–Kier alpha value is -0.117. The topological polar surface area (TPSA) is 17.1 Å². The van der Waals surface area contributed by atoms with Gasteiger partial charge in [0.1, 0.15) is 0 Å². The molecule has 0 fully saturated rings. The van der Waals surface area contributed by atoms with Gasteiger partial charge in [-0.15, -0.1) is 0 Å². The molecular formula is C8H5Cl2F3OZn. The van der Waals surface area contributed by atoms with Crippen LogP contribution in [0.4, 0.5) is 13.2 Å². The molecule has 0 aromatic heterocycles. The van der Waals surface area contributed by atoms with Crippen molar-refractivity contribution in [1.29, 1.82) is 0 Å². The molecule has 0 aliphatic carbocycles. The summed E-state index contributed by atoms with van der Waals surface area (Å²) in [5.41, 5.74) is -0.329. The van der Waals surface area contributed by atoms with Gasteiger partial charge in [0.05, 0.1) is 0 Å². The number of alkyl halides is 3. The number of carbonyl (C=O) groups excluding carboxylic acids is 1. The number of carbonyl (C=O) groups is 1. The van der Waals surface area contributed by atoms with Crippen molar-refractivity contribution in [3.8, 4) is 0 Å². The van der Waals surface area contributed by atoms with Gasteiger partial charge in [-0.05, 0) is 0 Å². The molecule has 0 aliphatic rings. The van der Waals surface area contributed by atoms with Gasteiger partial charge >= 0.3 is 40.7 Å². The molecule has 0 amide bonds. The van der Waals surface area contributed by atoms with Gasteiger partial charge in [-0.2, -0.15) is 13.2 Å². The van der Waals surface area contributed by atoms with Crippen LogP contribution in [0.3, 0.4) is 0 Å². The van der Waals surface area contributed by atoms with Gasteiger partial charge in [-0.3, -0.25) is 4.79 Å². The fourth-order valence-corrected chi connectivity index (χ4v) is 0.753. The van der Waals surface area contributed by atoms with Crippen molar-refractivity contribution in [3.63, 3.8) is 0 Å². The van der Waals surface area contributed by atoms with E-state index >= 15 is 0 Å². The Kier molecular flexibility index (Phi) is 7.15. The fraction of sp³-hybridized carbons (Fsp3) is 0.125. The van der Waals surface area contributed by atoms with Gasteiger partial charge in [0.15, 0.2) is 0 Å². The average molecular weight is 310 g/mol. The van der Waals surface area contributed by atoms with E-state index < -0.39 is 27.1 Å². The Morgan fingerprint density at radius 1 is 1.13 bits per heavy atom. The van der Waals surface area contributed by atoms with Crippen LogP contribution in [0.25, 0.3) is 0 Å². The number of hydrogen-bond donors (Lipinski definition) is 0. The van der Waals surface area contributed by atoms with E-state index in [0.29, 0.717) is 0 Å². The molecule has 1 aromatic carbocycles. The van der Waals surface area contributed by atoms with E-state index in [9.17, 15) is 18.0 Å². The first kappa shape index (κ1) is 14.9. The Bertz CT molecular complexity index is 303. The summed E-state index contributed by atoms with van der Waals surface area (Å²) in [5, 5.41) is 0. The Morgan fingerprint density at radius 2 is 1.53 bits per heavy atom. The quantitative estimate of drug-likeness (QED) is 0.569. The number of hydrogen-bond acceptors (Lipinski definition) is 1. The molecule has 0 spiro atoms. The monoisotopic (exact) mass is 308 g/mol. The van der Waals surface area contributed by atoms with Gasteiger partial charge in [0.25, 0.3) is 5.78 Å². The Morgan fingerprint density at radius 3 is 1.87 bits per heavy atom. The summed E-state index contributed by atoms with van der Waals surface area (Å²) in [5.74, 6) is -1.80. The first-order valence-corrected chi connectivity index (χ1v) is 11.5. The van der Waals surface area contributed by atoms with Crippen LogP contribution in [-0.4, -0.2) is 12.0 Å². The predicted molar refractivity (Wildman–Crippen MR) is 48.5 cm³/mol. The zero-order chi connectivity index (χ0) is 11.9. The van der Waals surface area contributed by atoms with E-state index in [-0.39, 0.29) is 5.56 Å². The summed E-state index contributed by atoms with van der Waals surface area (Å²) in [4.78, 5) is 10.5. The SMILES string of the molecule is O=C(c1ccccc1)C(F)(F)F.[Cl][Zn][Cl]. The predicted octanol–water partition coefficient (Wildman–Crippen LogP) is 3.81. The molecule has 0 atom stereocenters. The van der Waals surface area contributed by atoms with Crippen LogP contribution in [0.2, 0.25) is 0 Å². The number of Topliss-reactive ketones (excluding diaryl/α,β-unsaturated/α-hetero) is 1. The summed E-state index contributed by atoms with van der Waals surface area (Å²) in [7, 11) is 9.90. The zero-order valence-electron chi connectivity index (χ0n) is 7.39. The molecule has 0 saturated heterocycles. The third-order valence-electron chi connectivity index (χ3n) is 1.29. The number of benzene rings is 1. The molecule has 1 nitrogen and oxygen atoms in total. The first-order valence-electron chi connectivity index (χ1n) is 3.72. The van der Waals surface area contributed by atoms with Crippen molar-refractivity contribution in [2.45, 2.75) is 6.18 Å². The molecule has 15 heavy (non-hydrogen) atoms. The Balaban J connectivity index is 0.000000583. The second-order valence-electron chi connectivity index (χ2n) is 2.29. The number of rotatable bonds is 1. The van der Waals surface area contributed by atoms with E-state index in [1.807, 2.05) is 0 Å². The molecular weight excluding hydrogens is 305 g/mol. The van der Waals surface area contributed by atoms with Gasteiger partial charge in [-0.1, -0.05) is 30.3 Å².